The zero-order valence-corrected chi connectivity index (χ0v) is 9.53. The SMILES string of the molecule is CC1(c2cccc3cnccc23)CCCN1. The summed E-state index contributed by atoms with van der Waals surface area (Å²) in [6, 6.07) is 8.62. The van der Waals surface area contributed by atoms with Gasteiger partial charge in [0, 0.05) is 23.3 Å². The number of rotatable bonds is 1. The second kappa shape index (κ2) is 3.56. The van der Waals surface area contributed by atoms with Crippen molar-refractivity contribution in [1.29, 1.82) is 0 Å². The van der Waals surface area contributed by atoms with Crippen molar-refractivity contribution >= 4 is 10.8 Å². The van der Waals surface area contributed by atoms with Crippen molar-refractivity contribution in [3.8, 4) is 0 Å². The number of pyridine rings is 1. The highest BCUT2D eigenvalue weighted by Crippen LogP contribution is 2.34. The van der Waals surface area contributed by atoms with E-state index in [0.717, 1.165) is 6.54 Å². The first-order chi connectivity index (χ1) is 7.80. The lowest BCUT2D eigenvalue weighted by Crippen LogP contribution is -2.33. The molecule has 1 aromatic carbocycles. The van der Waals surface area contributed by atoms with Crippen LogP contribution in [0, 0.1) is 0 Å². The van der Waals surface area contributed by atoms with E-state index in [2.05, 4.69) is 41.5 Å². The molecule has 82 valence electrons. The first kappa shape index (κ1) is 9.79. The number of hydrogen-bond donors (Lipinski definition) is 1. The van der Waals surface area contributed by atoms with Gasteiger partial charge in [-0.2, -0.15) is 0 Å². The van der Waals surface area contributed by atoms with E-state index in [1.807, 2.05) is 12.4 Å². The Morgan fingerprint density at radius 1 is 1.31 bits per heavy atom. The summed E-state index contributed by atoms with van der Waals surface area (Å²) < 4.78 is 0. The zero-order chi connectivity index (χ0) is 11.0. The van der Waals surface area contributed by atoms with E-state index in [0.29, 0.717) is 0 Å². The zero-order valence-electron chi connectivity index (χ0n) is 9.53. The molecule has 1 aliphatic rings. The highest BCUT2D eigenvalue weighted by molar-refractivity contribution is 5.85. The molecule has 1 atom stereocenters. The van der Waals surface area contributed by atoms with Gasteiger partial charge in [-0.15, -0.1) is 0 Å². The second-order valence-electron chi connectivity index (χ2n) is 4.76. The fraction of sp³-hybridized carbons (Fsp3) is 0.357. The first-order valence-electron chi connectivity index (χ1n) is 5.88. The van der Waals surface area contributed by atoms with Crippen LogP contribution in [0.5, 0.6) is 0 Å². The third-order valence-corrected chi connectivity index (χ3v) is 3.64. The molecule has 0 aliphatic carbocycles. The topological polar surface area (TPSA) is 24.9 Å². The minimum absolute atomic E-state index is 0.140. The Morgan fingerprint density at radius 2 is 2.25 bits per heavy atom. The van der Waals surface area contributed by atoms with Crippen molar-refractivity contribution in [1.82, 2.24) is 10.3 Å². The number of benzene rings is 1. The molecule has 2 aromatic rings. The Bertz CT molecular complexity index is 508. The molecule has 0 saturated carbocycles. The van der Waals surface area contributed by atoms with Crippen molar-refractivity contribution in [2.45, 2.75) is 25.3 Å². The summed E-state index contributed by atoms with van der Waals surface area (Å²) in [6.45, 7) is 3.42. The van der Waals surface area contributed by atoms with Gasteiger partial charge in [-0.3, -0.25) is 4.98 Å². The van der Waals surface area contributed by atoms with Crippen LogP contribution in [0.1, 0.15) is 25.3 Å². The van der Waals surface area contributed by atoms with E-state index in [1.54, 1.807) is 0 Å². The standard InChI is InChI=1S/C14H16N2/c1-14(7-3-8-16-14)13-5-2-4-11-10-15-9-6-12(11)13/h2,4-6,9-10,16H,3,7-8H2,1H3. The van der Waals surface area contributed by atoms with Crippen LogP contribution in [0.15, 0.2) is 36.7 Å². The monoisotopic (exact) mass is 212 g/mol. The van der Waals surface area contributed by atoms with E-state index in [9.17, 15) is 0 Å². The highest BCUT2D eigenvalue weighted by atomic mass is 15.0. The van der Waals surface area contributed by atoms with E-state index in [1.165, 1.54) is 29.2 Å². The van der Waals surface area contributed by atoms with Crippen LogP contribution < -0.4 is 5.32 Å². The average molecular weight is 212 g/mol. The Morgan fingerprint density at radius 3 is 3.06 bits per heavy atom. The molecule has 2 nitrogen and oxygen atoms in total. The molecule has 1 aliphatic heterocycles. The molecule has 0 amide bonds. The number of nitrogens with zero attached hydrogens (tertiary/aromatic N) is 1. The molecule has 0 bridgehead atoms. The number of hydrogen-bond acceptors (Lipinski definition) is 2. The molecule has 3 rings (SSSR count). The molecule has 1 N–H and O–H groups in total. The summed E-state index contributed by atoms with van der Waals surface area (Å²) in [7, 11) is 0. The van der Waals surface area contributed by atoms with Gasteiger partial charge in [0.2, 0.25) is 0 Å². The Labute approximate surface area is 95.7 Å². The number of fused-ring (bicyclic) bond motifs is 1. The molecule has 1 aromatic heterocycles. The van der Waals surface area contributed by atoms with Crippen molar-refractivity contribution < 1.29 is 0 Å². The lowest BCUT2D eigenvalue weighted by atomic mass is 9.87. The third-order valence-electron chi connectivity index (χ3n) is 3.64. The van der Waals surface area contributed by atoms with Crippen molar-refractivity contribution in [3.05, 3.63) is 42.2 Å². The van der Waals surface area contributed by atoms with Crippen molar-refractivity contribution in [2.75, 3.05) is 6.54 Å². The summed E-state index contributed by atoms with van der Waals surface area (Å²) >= 11 is 0. The predicted molar refractivity (Wildman–Crippen MR) is 66.3 cm³/mol. The van der Waals surface area contributed by atoms with Gasteiger partial charge < -0.3 is 5.32 Å². The Balaban J connectivity index is 2.23. The number of nitrogens with one attached hydrogen (secondary N) is 1. The first-order valence-corrected chi connectivity index (χ1v) is 5.88. The predicted octanol–water partition coefficient (Wildman–Crippen LogP) is 2.83. The molecule has 1 saturated heterocycles. The van der Waals surface area contributed by atoms with Crippen LogP contribution in [-0.2, 0) is 5.54 Å². The van der Waals surface area contributed by atoms with Crippen LogP contribution in [0.2, 0.25) is 0 Å². The molecule has 0 radical (unpaired) electrons. The molecule has 0 spiro atoms. The molecule has 2 heteroatoms. The Hall–Kier alpha value is -1.41. The van der Waals surface area contributed by atoms with Gasteiger partial charge in [-0.05, 0) is 43.3 Å². The minimum Gasteiger partial charge on any atom is -0.308 e. The summed E-state index contributed by atoms with van der Waals surface area (Å²) in [6.07, 6.45) is 6.30. The molecular formula is C14H16N2. The van der Waals surface area contributed by atoms with Crippen molar-refractivity contribution in [3.63, 3.8) is 0 Å². The van der Waals surface area contributed by atoms with Gasteiger partial charge in [-0.25, -0.2) is 0 Å². The average Bonchev–Trinajstić information content (AvgIpc) is 2.77. The van der Waals surface area contributed by atoms with E-state index in [-0.39, 0.29) is 5.54 Å². The summed E-state index contributed by atoms with van der Waals surface area (Å²) in [5, 5.41) is 6.18. The van der Waals surface area contributed by atoms with Crippen LogP contribution >= 0.6 is 0 Å². The molecule has 2 heterocycles. The van der Waals surface area contributed by atoms with E-state index < -0.39 is 0 Å². The maximum atomic E-state index is 4.18. The lowest BCUT2D eigenvalue weighted by Gasteiger charge is -2.26. The molecular weight excluding hydrogens is 196 g/mol. The van der Waals surface area contributed by atoms with Crippen molar-refractivity contribution in [2.24, 2.45) is 0 Å². The van der Waals surface area contributed by atoms with Crippen LogP contribution in [0.4, 0.5) is 0 Å². The quantitative estimate of drug-likeness (QED) is 0.786. The summed E-state index contributed by atoms with van der Waals surface area (Å²) in [5.74, 6) is 0. The van der Waals surface area contributed by atoms with Crippen LogP contribution in [0.3, 0.4) is 0 Å². The smallest absolute Gasteiger partial charge is 0.0412 e. The van der Waals surface area contributed by atoms with Gasteiger partial charge in [0.25, 0.3) is 0 Å². The molecule has 1 unspecified atom stereocenters. The largest absolute Gasteiger partial charge is 0.308 e. The fourth-order valence-corrected chi connectivity index (χ4v) is 2.73. The summed E-state index contributed by atoms with van der Waals surface area (Å²) in [4.78, 5) is 4.18. The molecule has 16 heavy (non-hydrogen) atoms. The van der Waals surface area contributed by atoms with Crippen LogP contribution in [-0.4, -0.2) is 11.5 Å². The van der Waals surface area contributed by atoms with E-state index >= 15 is 0 Å². The van der Waals surface area contributed by atoms with Gasteiger partial charge in [0.1, 0.15) is 0 Å². The maximum absolute atomic E-state index is 4.18. The summed E-state index contributed by atoms with van der Waals surface area (Å²) in [5.41, 5.74) is 1.55. The van der Waals surface area contributed by atoms with Gasteiger partial charge in [0.15, 0.2) is 0 Å². The maximum Gasteiger partial charge on any atom is 0.0412 e. The lowest BCUT2D eigenvalue weighted by molar-refractivity contribution is 0.438. The van der Waals surface area contributed by atoms with Gasteiger partial charge in [0.05, 0.1) is 0 Å². The van der Waals surface area contributed by atoms with E-state index in [4.69, 9.17) is 0 Å². The second-order valence-corrected chi connectivity index (χ2v) is 4.76. The minimum atomic E-state index is 0.140. The van der Waals surface area contributed by atoms with Gasteiger partial charge in [-0.1, -0.05) is 18.2 Å². The third kappa shape index (κ3) is 1.41. The van der Waals surface area contributed by atoms with Gasteiger partial charge >= 0.3 is 0 Å². The molecule has 1 fully saturated rings. The number of aromatic nitrogens is 1. The fourth-order valence-electron chi connectivity index (χ4n) is 2.73. The highest BCUT2D eigenvalue weighted by Gasteiger charge is 2.30. The normalized spacial score (nSPS) is 25.1. The Kier molecular flexibility index (Phi) is 2.18. The van der Waals surface area contributed by atoms with Crippen LogP contribution in [0.25, 0.3) is 10.8 Å².